The summed E-state index contributed by atoms with van der Waals surface area (Å²) in [5.74, 6) is -0.978. The standard InChI is InChI=1S/C34H38N2O8S/c1-3-41-33(39)27(17-16-23-10-5-4-6-11-23)35-28-21-45-30(26-15-9-13-24-12-7-8-14-25(24)26)18-36(32(28)38)19-31(37)42-20-29-22(2)43-34(40)44-29/h4-15,22,27-30,35H,3,16-21H2,1-2H3. The largest absolute Gasteiger partial charge is 0.509 e. The Morgan fingerprint density at radius 2 is 1.76 bits per heavy atom. The van der Waals surface area contributed by atoms with Crippen molar-refractivity contribution in [2.75, 3.05) is 32.1 Å². The zero-order valence-electron chi connectivity index (χ0n) is 25.4. The molecule has 2 heterocycles. The van der Waals surface area contributed by atoms with Crippen LogP contribution in [0.1, 0.15) is 36.6 Å². The molecule has 2 aliphatic heterocycles. The van der Waals surface area contributed by atoms with Gasteiger partial charge in [0.05, 0.1) is 12.6 Å². The van der Waals surface area contributed by atoms with E-state index < -0.39 is 42.4 Å². The zero-order valence-corrected chi connectivity index (χ0v) is 26.2. The van der Waals surface area contributed by atoms with Crippen LogP contribution < -0.4 is 5.32 Å². The van der Waals surface area contributed by atoms with Gasteiger partial charge in [-0.2, -0.15) is 0 Å². The van der Waals surface area contributed by atoms with Crippen molar-refractivity contribution >= 4 is 46.5 Å². The average molecular weight is 635 g/mol. The first-order chi connectivity index (χ1) is 21.8. The van der Waals surface area contributed by atoms with Gasteiger partial charge in [-0.3, -0.25) is 19.7 Å². The van der Waals surface area contributed by atoms with Gasteiger partial charge >= 0.3 is 18.1 Å². The van der Waals surface area contributed by atoms with Crippen molar-refractivity contribution < 1.29 is 38.1 Å². The van der Waals surface area contributed by atoms with Crippen molar-refractivity contribution in [2.24, 2.45) is 0 Å². The van der Waals surface area contributed by atoms with Gasteiger partial charge in [-0.25, -0.2) is 4.79 Å². The number of rotatable bonds is 12. The van der Waals surface area contributed by atoms with E-state index >= 15 is 0 Å². The van der Waals surface area contributed by atoms with E-state index in [4.69, 9.17) is 18.9 Å². The number of carbonyl (C=O) groups is 4. The molecule has 2 fully saturated rings. The highest BCUT2D eigenvalue weighted by atomic mass is 32.2. The van der Waals surface area contributed by atoms with Crippen LogP contribution in [0.15, 0.2) is 72.8 Å². The zero-order chi connectivity index (χ0) is 31.8. The lowest BCUT2D eigenvalue weighted by molar-refractivity contribution is -0.152. The highest BCUT2D eigenvalue weighted by Gasteiger charge is 2.38. The Morgan fingerprint density at radius 1 is 1.00 bits per heavy atom. The van der Waals surface area contributed by atoms with E-state index in [-0.39, 0.29) is 37.5 Å². The van der Waals surface area contributed by atoms with Crippen LogP contribution >= 0.6 is 11.8 Å². The molecule has 5 rings (SSSR count). The third-order valence-electron chi connectivity index (χ3n) is 7.95. The quantitative estimate of drug-likeness (QED) is 0.226. The van der Waals surface area contributed by atoms with Gasteiger partial charge in [0.1, 0.15) is 25.3 Å². The molecule has 0 saturated carbocycles. The van der Waals surface area contributed by atoms with Crippen LogP contribution in [0.5, 0.6) is 0 Å². The fourth-order valence-corrected chi connectivity index (χ4v) is 6.89. The first-order valence-electron chi connectivity index (χ1n) is 15.2. The molecule has 0 radical (unpaired) electrons. The third-order valence-corrected chi connectivity index (χ3v) is 9.28. The number of fused-ring (bicyclic) bond motifs is 1. The van der Waals surface area contributed by atoms with Gasteiger partial charge in [-0.05, 0) is 48.6 Å². The van der Waals surface area contributed by atoms with E-state index in [2.05, 4.69) is 11.4 Å². The predicted octanol–water partition coefficient (Wildman–Crippen LogP) is 4.45. The van der Waals surface area contributed by atoms with Crippen LogP contribution in [-0.2, 0) is 39.8 Å². The summed E-state index contributed by atoms with van der Waals surface area (Å²) in [4.78, 5) is 53.1. The van der Waals surface area contributed by atoms with Gasteiger partial charge in [0.2, 0.25) is 5.91 Å². The number of nitrogens with zero attached hydrogens (tertiary/aromatic N) is 1. The topological polar surface area (TPSA) is 120 Å². The van der Waals surface area contributed by atoms with Crippen molar-refractivity contribution in [2.45, 2.75) is 56.2 Å². The first kappa shape index (κ1) is 32.3. The maximum absolute atomic E-state index is 14.1. The molecular weight excluding hydrogens is 596 g/mol. The van der Waals surface area contributed by atoms with E-state index in [1.807, 2.05) is 66.7 Å². The lowest BCUT2D eigenvalue weighted by Crippen LogP contribution is -2.54. The van der Waals surface area contributed by atoms with Crippen molar-refractivity contribution in [1.82, 2.24) is 10.2 Å². The molecule has 10 nitrogen and oxygen atoms in total. The number of carbonyl (C=O) groups excluding carboxylic acids is 4. The van der Waals surface area contributed by atoms with Gasteiger partial charge in [-0.15, -0.1) is 11.8 Å². The molecule has 0 bridgehead atoms. The van der Waals surface area contributed by atoms with Gasteiger partial charge in [0.25, 0.3) is 0 Å². The number of hydrogen-bond donors (Lipinski definition) is 1. The van der Waals surface area contributed by atoms with E-state index in [0.717, 1.165) is 21.9 Å². The summed E-state index contributed by atoms with van der Waals surface area (Å²) in [7, 11) is 0. The molecule has 45 heavy (non-hydrogen) atoms. The second-order valence-corrected chi connectivity index (χ2v) is 12.3. The summed E-state index contributed by atoms with van der Waals surface area (Å²) in [6, 6.07) is 22.5. The van der Waals surface area contributed by atoms with Crippen LogP contribution in [-0.4, -0.2) is 85.2 Å². The number of hydrogen-bond acceptors (Lipinski definition) is 10. The number of amides is 1. The molecular formula is C34H38N2O8S. The maximum Gasteiger partial charge on any atom is 0.509 e. The molecule has 1 amide bonds. The SMILES string of the molecule is CCOC(=O)C(CCc1ccccc1)NC1CSC(c2cccc3ccccc23)CN(CC(=O)OCC2OC(=O)OC2C)C1=O. The molecule has 1 N–H and O–H groups in total. The fraction of sp³-hybridized carbons (Fsp3) is 0.412. The highest BCUT2D eigenvalue weighted by molar-refractivity contribution is 7.99. The van der Waals surface area contributed by atoms with Gasteiger partial charge in [0.15, 0.2) is 6.10 Å². The molecule has 11 heteroatoms. The second kappa shape index (κ2) is 15.3. The Morgan fingerprint density at radius 3 is 2.51 bits per heavy atom. The molecule has 0 aliphatic carbocycles. The third kappa shape index (κ3) is 8.34. The Bertz CT molecular complexity index is 1500. The Kier molecular flexibility index (Phi) is 11.0. The van der Waals surface area contributed by atoms with E-state index in [1.165, 1.54) is 4.90 Å². The Labute approximate surface area is 266 Å². The molecule has 238 valence electrons. The normalized spacial score (nSPS) is 22.3. The number of esters is 2. The minimum absolute atomic E-state index is 0.144. The summed E-state index contributed by atoms with van der Waals surface area (Å²) in [6.45, 7) is 3.40. The molecule has 0 aromatic heterocycles. The smallest absolute Gasteiger partial charge is 0.465 e. The van der Waals surface area contributed by atoms with Gasteiger partial charge in [-0.1, -0.05) is 72.8 Å². The van der Waals surface area contributed by atoms with Crippen molar-refractivity contribution in [3.05, 3.63) is 83.9 Å². The molecule has 2 saturated heterocycles. The van der Waals surface area contributed by atoms with Crippen LogP contribution in [0.4, 0.5) is 4.79 Å². The molecule has 3 aromatic rings. The Balaban J connectivity index is 1.36. The molecule has 5 atom stereocenters. The summed E-state index contributed by atoms with van der Waals surface area (Å²) in [5.41, 5.74) is 2.13. The first-order valence-corrected chi connectivity index (χ1v) is 16.2. The summed E-state index contributed by atoms with van der Waals surface area (Å²) >= 11 is 1.61. The summed E-state index contributed by atoms with van der Waals surface area (Å²) < 4.78 is 20.8. The summed E-state index contributed by atoms with van der Waals surface area (Å²) in [5, 5.41) is 5.30. The lowest BCUT2D eigenvalue weighted by atomic mass is 10.0. The molecule has 5 unspecified atom stereocenters. The van der Waals surface area contributed by atoms with Gasteiger partial charge in [0, 0.05) is 17.5 Å². The number of thioether (sulfide) groups is 1. The maximum atomic E-state index is 14.1. The number of ether oxygens (including phenoxy) is 4. The van der Waals surface area contributed by atoms with Crippen molar-refractivity contribution in [3.8, 4) is 0 Å². The van der Waals surface area contributed by atoms with Crippen LogP contribution in [0.3, 0.4) is 0 Å². The predicted molar refractivity (Wildman–Crippen MR) is 170 cm³/mol. The van der Waals surface area contributed by atoms with Crippen molar-refractivity contribution in [3.63, 3.8) is 0 Å². The van der Waals surface area contributed by atoms with E-state index in [1.54, 1.807) is 25.6 Å². The average Bonchev–Trinajstić information content (AvgIpc) is 3.30. The Hall–Kier alpha value is -4.09. The fourth-order valence-electron chi connectivity index (χ4n) is 5.56. The number of cyclic esters (lactones) is 2. The van der Waals surface area contributed by atoms with E-state index in [9.17, 15) is 19.2 Å². The molecule has 2 aliphatic rings. The highest BCUT2D eigenvalue weighted by Crippen LogP contribution is 2.37. The summed E-state index contributed by atoms with van der Waals surface area (Å²) in [6.07, 6.45) is -1.02. The minimum Gasteiger partial charge on any atom is -0.465 e. The van der Waals surface area contributed by atoms with Gasteiger partial charge < -0.3 is 23.8 Å². The number of aryl methyl sites for hydroxylation is 1. The van der Waals surface area contributed by atoms with Crippen molar-refractivity contribution in [1.29, 1.82) is 0 Å². The van der Waals surface area contributed by atoms with Crippen LogP contribution in [0, 0.1) is 0 Å². The number of benzene rings is 3. The second-order valence-electron chi connectivity index (χ2n) is 11.1. The van der Waals surface area contributed by atoms with E-state index in [0.29, 0.717) is 18.6 Å². The molecule has 3 aromatic carbocycles. The van der Waals surface area contributed by atoms with Crippen LogP contribution in [0.2, 0.25) is 0 Å². The lowest BCUT2D eigenvalue weighted by Gasteiger charge is -2.27. The van der Waals surface area contributed by atoms with Crippen LogP contribution in [0.25, 0.3) is 10.8 Å². The minimum atomic E-state index is -0.807. The monoisotopic (exact) mass is 634 g/mol. The molecule has 0 spiro atoms. The number of nitrogens with one attached hydrogen (secondary N) is 1.